The molecular formula is C29H35NO6. The molecule has 0 spiro atoms. The minimum atomic E-state index is -0.387. The van der Waals surface area contributed by atoms with E-state index < -0.39 is 0 Å². The van der Waals surface area contributed by atoms with Crippen molar-refractivity contribution in [2.24, 2.45) is 0 Å². The molecule has 7 heteroatoms. The van der Waals surface area contributed by atoms with Crippen molar-refractivity contribution in [2.45, 2.75) is 71.0 Å². The number of nitrogens with one attached hydrogen (secondary N) is 1. The number of rotatable bonds is 8. The Morgan fingerprint density at radius 2 is 1.56 bits per heavy atom. The molecule has 36 heavy (non-hydrogen) atoms. The molecule has 192 valence electrons. The van der Waals surface area contributed by atoms with Crippen molar-refractivity contribution < 1.29 is 28.5 Å². The van der Waals surface area contributed by atoms with Gasteiger partial charge in [-0.15, -0.1) is 0 Å². The Hall–Kier alpha value is -3.48. The van der Waals surface area contributed by atoms with E-state index in [-0.39, 0.29) is 42.2 Å². The van der Waals surface area contributed by atoms with Crippen molar-refractivity contribution in [3.8, 4) is 23.0 Å². The van der Waals surface area contributed by atoms with Crippen LogP contribution in [0, 0.1) is 0 Å². The van der Waals surface area contributed by atoms with Gasteiger partial charge < -0.3 is 24.3 Å². The molecule has 0 aromatic heterocycles. The number of Topliss-reactive ketones (excluding diaryl/α,β-unsaturated/α-hetero) is 1. The monoisotopic (exact) mass is 493 g/mol. The Morgan fingerprint density at radius 1 is 0.833 bits per heavy atom. The summed E-state index contributed by atoms with van der Waals surface area (Å²) >= 11 is 0. The summed E-state index contributed by atoms with van der Waals surface area (Å²) in [6.07, 6.45) is 1.02. The first-order valence-corrected chi connectivity index (χ1v) is 12.5. The van der Waals surface area contributed by atoms with Crippen LogP contribution < -0.4 is 24.3 Å². The maximum Gasteiger partial charge on any atom is 0.225 e. The summed E-state index contributed by atoms with van der Waals surface area (Å²) in [5, 5.41) is 2.99. The number of carbonyl (C=O) groups excluding carboxylic acids is 2. The fourth-order valence-electron chi connectivity index (χ4n) is 5.08. The highest BCUT2D eigenvalue weighted by Gasteiger charge is 2.40. The van der Waals surface area contributed by atoms with E-state index in [2.05, 4.69) is 5.32 Å². The number of hydrogen-bond acceptors (Lipinski definition) is 6. The molecule has 1 aliphatic heterocycles. The van der Waals surface area contributed by atoms with E-state index in [1.165, 1.54) is 0 Å². The summed E-state index contributed by atoms with van der Waals surface area (Å²) in [5.74, 6) is 1.94. The van der Waals surface area contributed by atoms with E-state index in [1.54, 1.807) is 14.2 Å². The van der Waals surface area contributed by atoms with Crippen LogP contribution in [-0.2, 0) is 9.59 Å². The van der Waals surface area contributed by atoms with Crippen LogP contribution in [0.3, 0.4) is 0 Å². The fourth-order valence-corrected chi connectivity index (χ4v) is 5.08. The van der Waals surface area contributed by atoms with Crippen LogP contribution in [0.15, 0.2) is 47.7 Å². The van der Waals surface area contributed by atoms with Crippen molar-refractivity contribution in [3.63, 3.8) is 0 Å². The van der Waals surface area contributed by atoms with Crippen LogP contribution >= 0.6 is 0 Å². The second-order valence-corrected chi connectivity index (χ2v) is 9.85. The SMILES string of the molecule is COc1cc(C2CC(=O)C3=C(C2)NC(=O)CC3c2cccc(OC)c2OC(C)C)ccc1OC(C)C. The van der Waals surface area contributed by atoms with Crippen LogP contribution in [0.25, 0.3) is 0 Å². The molecule has 0 saturated carbocycles. The maximum absolute atomic E-state index is 13.6. The second-order valence-electron chi connectivity index (χ2n) is 9.85. The number of ketones is 1. The second kappa shape index (κ2) is 10.6. The molecule has 2 aromatic carbocycles. The van der Waals surface area contributed by atoms with Gasteiger partial charge in [-0.2, -0.15) is 0 Å². The van der Waals surface area contributed by atoms with Gasteiger partial charge in [-0.25, -0.2) is 0 Å². The summed E-state index contributed by atoms with van der Waals surface area (Å²) in [7, 11) is 3.20. The molecule has 1 heterocycles. The number of ether oxygens (including phenoxy) is 4. The number of methoxy groups -OCH3 is 2. The summed E-state index contributed by atoms with van der Waals surface area (Å²) < 4.78 is 23.1. The lowest BCUT2D eigenvalue weighted by molar-refractivity contribution is -0.122. The number of hydrogen-bond donors (Lipinski definition) is 1. The molecule has 1 N–H and O–H groups in total. The van der Waals surface area contributed by atoms with Gasteiger partial charge in [0.1, 0.15) is 0 Å². The predicted molar refractivity (Wildman–Crippen MR) is 137 cm³/mol. The number of para-hydroxylation sites is 1. The molecule has 0 fully saturated rings. The van der Waals surface area contributed by atoms with Crippen LogP contribution in [0.2, 0.25) is 0 Å². The molecular weight excluding hydrogens is 458 g/mol. The Kier molecular flexibility index (Phi) is 7.57. The summed E-state index contributed by atoms with van der Waals surface area (Å²) in [6.45, 7) is 7.81. The average molecular weight is 494 g/mol. The molecule has 0 saturated heterocycles. The lowest BCUT2D eigenvalue weighted by Crippen LogP contribution is -2.38. The van der Waals surface area contributed by atoms with E-state index in [1.807, 2.05) is 64.1 Å². The Balaban J connectivity index is 1.71. The topological polar surface area (TPSA) is 83.1 Å². The molecule has 7 nitrogen and oxygen atoms in total. The number of carbonyl (C=O) groups is 2. The molecule has 4 rings (SSSR count). The third kappa shape index (κ3) is 5.20. The molecule has 2 unspecified atom stereocenters. The normalized spacial score (nSPS) is 19.8. The molecule has 1 aliphatic carbocycles. The van der Waals surface area contributed by atoms with Crippen molar-refractivity contribution in [3.05, 3.63) is 58.8 Å². The van der Waals surface area contributed by atoms with Crippen molar-refractivity contribution in [1.29, 1.82) is 0 Å². The van der Waals surface area contributed by atoms with Crippen LogP contribution in [0.4, 0.5) is 0 Å². The molecule has 0 radical (unpaired) electrons. The van der Waals surface area contributed by atoms with Crippen molar-refractivity contribution in [2.75, 3.05) is 14.2 Å². The Morgan fingerprint density at radius 3 is 2.22 bits per heavy atom. The average Bonchev–Trinajstić information content (AvgIpc) is 2.82. The first-order valence-electron chi connectivity index (χ1n) is 12.5. The highest BCUT2D eigenvalue weighted by atomic mass is 16.5. The van der Waals surface area contributed by atoms with E-state index >= 15 is 0 Å². The summed E-state index contributed by atoms with van der Waals surface area (Å²) in [4.78, 5) is 26.4. The molecule has 2 aromatic rings. The first-order chi connectivity index (χ1) is 17.2. The summed E-state index contributed by atoms with van der Waals surface area (Å²) in [6, 6.07) is 11.4. The van der Waals surface area contributed by atoms with Gasteiger partial charge in [0.25, 0.3) is 0 Å². The third-order valence-corrected chi connectivity index (χ3v) is 6.52. The van der Waals surface area contributed by atoms with Gasteiger partial charge in [0.2, 0.25) is 5.91 Å². The van der Waals surface area contributed by atoms with Crippen LogP contribution in [0.5, 0.6) is 23.0 Å². The Labute approximate surface area is 212 Å². The smallest absolute Gasteiger partial charge is 0.225 e. The van der Waals surface area contributed by atoms with Gasteiger partial charge in [-0.05, 0) is 63.8 Å². The van der Waals surface area contributed by atoms with E-state index in [0.29, 0.717) is 47.1 Å². The quantitative estimate of drug-likeness (QED) is 0.539. The largest absolute Gasteiger partial charge is 0.493 e. The lowest BCUT2D eigenvalue weighted by Gasteiger charge is -2.35. The van der Waals surface area contributed by atoms with E-state index in [0.717, 1.165) is 11.1 Å². The third-order valence-electron chi connectivity index (χ3n) is 6.52. The first kappa shape index (κ1) is 25.6. The zero-order valence-corrected chi connectivity index (χ0v) is 21.8. The minimum absolute atomic E-state index is 0.0179. The number of benzene rings is 2. The lowest BCUT2D eigenvalue weighted by atomic mass is 9.73. The molecule has 1 amide bonds. The van der Waals surface area contributed by atoms with Gasteiger partial charge in [-0.1, -0.05) is 18.2 Å². The Bertz CT molecular complexity index is 1180. The maximum atomic E-state index is 13.6. The van der Waals surface area contributed by atoms with Gasteiger partial charge in [0.05, 0.1) is 26.4 Å². The van der Waals surface area contributed by atoms with Crippen LogP contribution in [0.1, 0.15) is 69.9 Å². The zero-order chi connectivity index (χ0) is 26.0. The van der Waals surface area contributed by atoms with E-state index in [4.69, 9.17) is 18.9 Å². The summed E-state index contributed by atoms with van der Waals surface area (Å²) in [5.41, 5.74) is 3.13. The van der Waals surface area contributed by atoms with Gasteiger partial charge in [0, 0.05) is 35.6 Å². The standard InChI is InChI=1S/C29H35NO6/c1-16(2)35-24-11-10-18(14-26(24)34-6)19-12-22-28(23(31)13-19)21(15-27(32)30-22)20-8-7-9-25(33-5)29(20)36-17(3)4/h7-11,14,16-17,19,21H,12-13,15H2,1-6H3,(H,30,32). The molecule has 2 atom stereocenters. The van der Waals surface area contributed by atoms with Gasteiger partial charge >= 0.3 is 0 Å². The van der Waals surface area contributed by atoms with Gasteiger partial charge in [0.15, 0.2) is 28.8 Å². The van der Waals surface area contributed by atoms with Gasteiger partial charge in [-0.3, -0.25) is 9.59 Å². The van der Waals surface area contributed by atoms with Crippen LogP contribution in [-0.4, -0.2) is 38.1 Å². The number of amides is 1. The number of allylic oxidation sites excluding steroid dienone is 2. The van der Waals surface area contributed by atoms with Crippen molar-refractivity contribution in [1.82, 2.24) is 5.32 Å². The highest BCUT2D eigenvalue weighted by molar-refractivity contribution is 6.02. The highest BCUT2D eigenvalue weighted by Crippen LogP contribution is 2.47. The zero-order valence-electron chi connectivity index (χ0n) is 21.8. The predicted octanol–water partition coefficient (Wildman–Crippen LogP) is 5.28. The minimum Gasteiger partial charge on any atom is -0.493 e. The molecule has 2 aliphatic rings. The van der Waals surface area contributed by atoms with E-state index in [9.17, 15) is 9.59 Å². The fraction of sp³-hybridized carbons (Fsp3) is 0.448. The van der Waals surface area contributed by atoms with Crippen molar-refractivity contribution >= 4 is 11.7 Å². The molecule has 0 bridgehead atoms.